The number of nitrogens with one attached hydrogen (secondary N) is 2. The lowest BCUT2D eigenvalue weighted by molar-refractivity contribution is -0.150. The van der Waals surface area contributed by atoms with E-state index >= 15 is 14.4 Å². The van der Waals surface area contributed by atoms with Gasteiger partial charge in [0.05, 0.1) is 30.8 Å². The second kappa shape index (κ2) is 24.1. The Morgan fingerprint density at radius 1 is 0.627 bits per heavy atom. The van der Waals surface area contributed by atoms with Gasteiger partial charge in [0.2, 0.25) is 11.8 Å². The molecular weight excluding hydrogens is 1060 g/mol. The van der Waals surface area contributed by atoms with Crippen molar-refractivity contribution in [3.63, 3.8) is 0 Å². The van der Waals surface area contributed by atoms with Crippen LogP contribution in [0.1, 0.15) is 88.1 Å². The molecule has 0 spiro atoms. The summed E-state index contributed by atoms with van der Waals surface area (Å²) in [6.45, 7) is 9.03. The number of carbonyl (C=O) groups is 8. The van der Waals surface area contributed by atoms with E-state index in [1.165, 1.54) is 4.90 Å². The number of amides is 5. The van der Waals surface area contributed by atoms with Crippen LogP contribution in [0.15, 0.2) is 140 Å². The SMILES string of the molecule is CC(C)(C)OC(=O)N(C(=O)[C@@H](N)Cc1c[nH]c2ccccc12)[C@H](CC(=O)OCc1ccccc1)C(=O)C1CN(C2Cc3ccccc3N2C(=O)[C@H](CC(=O)O)N(C(=O)OC(C)(C)C)C(=O)[C@@H](N)Cc2c[nH]c3ccccc23)c2ccccc21. The van der Waals surface area contributed by atoms with Crippen LogP contribution < -0.4 is 21.3 Å². The molecule has 20 heteroatoms. The number of aromatic amines is 2. The topological polar surface area (TPSA) is 281 Å². The first-order valence-corrected chi connectivity index (χ1v) is 27.4. The summed E-state index contributed by atoms with van der Waals surface area (Å²) in [5, 5.41) is 12.1. The molecule has 0 aliphatic carbocycles. The minimum absolute atomic E-state index is 0.0799. The monoisotopic (exact) mass is 1130 g/mol. The van der Waals surface area contributed by atoms with Crippen LogP contribution in [0.25, 0.3) is 21.8 Å². The molecule has 0 saturated carbocycles. The summed E-state index contributed by atoms with van der Waals surface area (Å²) in [6, 6.07) is 30.4. The number of benzene rings is 5. The number of nitrogens with zero attached hydrogens (tertiary/aromatic N) is 4. The van der Waals surface area contributed by atoms with E-state index in [9.17, 15) is 29.1 Å². The molecule has 0 radical (unpaired) electrons. The quantitative estimate of drug-likeness (QED) is 0.0401. The molecule has 0 saturated heterocycles. The van der Waals surface area contributed by atoms with E-state index in [0.717, 1.165) is 21.8 Å². The summed E-state index contributed by atoms with van der Waals surface area (Å²) in [7, 11) is 0. The summed E-state index contributed by atoms with van der Waals surface area (Å²) in [5.74, 6) is -7.47. The van der Waals surface area contributed by atoms with Crippen molar-refractivity contribution < 1.29 is 57.7 Å². The number of carbonyl (C=O) groups excluding carboxylic acids is 7. The summed E-state index contributed by atoms with van der Waals surface area (Å²) < 4.78 is 17.3. The third kappa shape index (κ3) is 13.0. The van der Waals surface area contributed by atoms with Crippen molar-refractivity contribution in [1.82, 2.24) is 19.8 Å². The molecule has 2 aromatic heterocycles. The number of anilines is 2. The van der Waals surface area contributed by atoms with Crippen molar-refractivity contribution in [2.45, 2.75) is 128 Å². The Bertz CT molecular complexity index is 3600. The van der Waals surface area contributed by atoms with Gasteiger partial charge in [0.1, 0.15) is 36.1 Å². The van der Waals surface area contributed by atoms with Crippen molar-refractivity contribution in [1.29, 1.82) is 0 Å². The maximum atomic E-state index is 15.9. The van der Waals surface area contributed by atoms with Crippen LogP contribution in [0.3, 0.4) is 0 Å². The number of fused-ring (bicyclic) bond motifs is 4. The predicted octanol–water partition coefficient (Wildman–Crippen LogP) is 8.05. The number of carboxylic acids is 1. The molecule has 6 atom stereocenters. The van der Waals surface area contributed by atoms with Crippen LogP contribution in [0.5, 0.6) is 0 Å². The van der Waals surface area contributed by atoms with E-state index < -0.39 is 108 Å². The third-order valence-electron chi connectivity index (χ3n) is 14.6. The first-order valence-electron chi connectivity index (χ1n) is 27.4. The summed E-state index contributed by atoms with van der Waals surface area (Å²) in [6.07, 6.45) is -2.14. The highest BCUT2D eigenvalue weighted by Gasteiger charge is 2.51. The van der Waals surface area contributed by atoms with E-state index in [4.69, 9.17) is 25.7 Å². The molecule has 5 amide bonds. The number of esters is 1. The fourth-order valence-corrected chi connectivity index (χ4v) is 10.9. The van der Waals surface area contributed by atoms with E-state index in [2.05, 4.69) is 9.97 Å². The third-order valence-corrected chi connectivity index (χ3v) is 14.6. The standard InChI is InChI=1S/C63H68N8O12/c1-62(2,3)82-60(79)70(57(76)45(64)28-39-33-66-47-24-14-11-21-41(39)47)51(32-55(74)81-36-37-18-8-7-9-19-37)56(75)44-35-68(50-27-17-13-23-43(44)50)53-30-38-20-10-16-26-49(38)69(53)59(78)52(31-54(72)73)71(61(80)83-63(4,5)6)58(77)46(65)29-40-34-67-48-25-15-12-22-42(40)48/h7-27,33-34,44-46,51-53,66-67H,28-32,35-36,64-65H2,1-6H3,(H,72,73)/t44?,45-,46-,51+,52-,53?/m0/s1. The lowest BCUT2D eigenvalue weighted by atomic mass is 9.90. The highest BCUT2D eigenvalue weighted by Crippen LogP contribution is 2.45. The zero-order valence-electron chi connectivity index (χ0n) is 47.1. The number of rotatable bonds is 18. The average Bonchev–Trinajstić information content (AvgIpc) is 2.23. The minimum atomic E-state index is -2.03. The molecule has 432 valence electrons. The normalized spacial score (nSPS) is 16.3. The fourth-order valence-electron chi connectivity index (χ4n) is 10.9. The number of imide groups is 2. The van der Waals surface area contributed by atoms with Crippen molar-refractivity contribution in [3.8, 4) is 0 Å². The van der Waals surface area contributed by atoms with Gasteiger partial charge in [-0.3, -0.25) is 33.7 Å². The number of aromatic nitrogens is 2. The Hall–Kier alpha value is -9.14. The maximum Gasteiger partial charge on any atom is 0.417 e. The molecule has 9 rings (SSSR count). The Morgan fingerprint density at radius 2 is 1.12 bits per heavy atom. The largest absolute Gasteiger partial charge is 0.481 e. The van der Waals surface area contributed by atoms with Crippen LogP contribution in [0.2, 0.25) is 0 Å². The highest BCUT2D eigenvalue weighted by molar-refractivity contribution is 6.09. The molecule has 2 unspecified atom stereocenters. The van der Waals surface area contributed by atoms with E-state index in [-0.39, 0.29) is 32.4 Å². The molecule has 4 heterocycles. The molecule has 7 N–H and O–H groups in total. The van der Waals surface area contributed by atoms with Crippen molar-refractivity contribution in [2.24, 2.45) is 11.5 Å². The van der Waals surface area contributed by atoms with Crippen LogP contribution in [0.4, 0.5) is 21.0 Å². The van der Waals surface area contributed by atoms with Gasteiger partial charge in [-0.1, -0.05) is 103 Å². The fraction of sp³-hybridized carbons (Fsp3) is 0.333. The molecule has 0 fully saturated rings. The van der Waals surface area contributed by atoms with Gasteiger partial charge in [0, 0.05) is 58.5 Å². The molecule has 20 nitrogen and oxygen atoms in total. The first kappa shape index (κ1) is 58.5. The number of hydrogen-bond donors (Lipinski definition) is 5. The predicted molar refractivity (Wildman–Crippen MR) is 310 cm³/mol. The van der Waals surface area contributed by atoms with Gasteiger partial charge < -0.3 is 45.7 Å². The first-order chi connectivity index (χ1) is 39.5. The van der Waals surface area contributed by atoms with Gasteiger partial charge in [0.15, 0.2) is 5.78 Å². The van der Waals surface area contributed by atoms with Crippen molar-refractivity contribution in [2.75, 3.05) is 16.3 Å². The zero-order chi connectivity index (χ0) is 59.5. The number of ketones is 1. The number of para-hydroxylation sites is 4. The summed E-state index contributed by atoms with van der Waals surface area (Å²) >= 11 is 0. The Morgan fingerprint density at radius 3 is 1.67 bits per heavy atom. The number of aliphatic carboxylic acids is 1. The highest BCUT2D eigenvalue weighted by atomic mass is 16.6. The number of H-pyrrole nitrogens is 2. The zero-order valence-corrected chi connectivity index (χ0v) is 47.1. The summed E-state index contributed by atoms with van der Waals surface area (Å²) in [4.78, 5) is 129. The van der Waals surface area contributed by atoms with E-state index in [0.29, 0.717) is 49.0 Å². The van der Waals surface area contributed by atoms with Gasteiger partial charge >= 0.3 is 24.1 Å². The smallest absolute Gasteiger partial charge is 0.417 e. The van der Waals surface area contributed by atoms with Crippen LogP contribution in [0, 0.1) is 0 Å². The Labute approximate surface area is 479 Å². The lowest BCUT2D eigenvalue weighted by Gasteiger charge is -2.39. The molecule has 2 aliphatic rings. The molecule has 0 bridgehead atoms. The Kier molecular flexibility index (Phi) is 17.0. The van der Waals surface area contributed by atoms with Crippen LogP contribution >= 0.6 is 0 Å². The van der Waals surface area contributed by atoms with Gasteiger partial charge in [-0.15, -0.1) is 0 Å². The van der Waals surface area contributed by atoms with Crippen LogP contribution in [-0.2, 0) is 68.8 Å². The Balaban J connectivity index is 1.09. The molecular formula is C63H68N8O12. The number of carboxylic acid groups (broad SMARTS) is 1. The van der Waals surface area contributed by atoms with Crippen molar-refractivity contribution in [3.05, 3.63) is 168 Å². The average molecular weight is 1130 g/mol. The van der Waals surface area contributed by atoms with Crippen LogP contribution in [-0.4, -0.2) is 121 Å². The second-order valence-electron chi connectivity index (χ2n) is 22.9. The van der Waals surface area contributed by atoms with Gasteiger partial charge in [0.25, 0.3) is 5.91 Å². The number of ether oxygens (including phenoxy) is 3. The van der Waals surface area contributed by atoms with Crippen molar-refractivity contribution >= 4 is 80.8 Å². The number of Topliss-reactive ketones (excluding diaryl/α,β-unsaturated/α-hetero) is 1. The molecule has 5 aromatic carbocycles. The van der Waals surface area contributed by atoms with E-state index in [1.54, 1.807) is 138 Å². The maximum absolute atomic E-state index is 15.9. The lowest BCUT2D eigenvalue weighted by Crippen LogP contribution is -2.61. The molecule has 83 heavy (non-hydrogen) atoms. The summed E-state index contributed by atoms with van der Waals surface area (Å²) in [5.41, 5.74) is 16.3. The molecule has 2 aliphatic heterocycles. The minimum Gasteiger partial charge on any atom is -0.481 e. The second-order valence-corrected chi connectivity index (χ2v) is 22.9. The van der Waals surface area contributed by atoms with Gasteiger partial charge in [-0.2, -0.15) is 0 Å². The number of hydrogen-bond acceptors (Lipinski definition) is 14. The van der Waals surface area contributed by atoms with E-state index in [1.807, 2.05) is 48.5 Å². The number of nitrogens with two attached hydrogens (primary N) is 2. The van der Waals surface area contributed by atoms with Gasteiger partial charge in [-0.25, -0.2) is 19.4 Å². The van der Waals surface area contributed by atoms with Gasteiger partial charge in [-0.05, 0) is 106 Å². The molecule has 7 aromatic rings.